The van der Waals surface area contributed by atoms with Gasteiger partial charge in [-0.15, -0.1) is 23.7 Å². The van der Waals surface area contributed by atoms with Gasteiger partial charge in [-0.25, -0.2) is 4.98 Å². The van der Waals surface area contributed by atoms with Gasteiger partial charge in [-0.1, -0.05) is 17.4 Å². The highest BCUT2D eigenvalue weighted by Gasteiger charge is 2.21. The van der Waals surface area contributed by atoms with Crippen LogP contribution in [0.2, 0.25) is 0 Å². The number of carbonyl (C=O) groups is 1. The molecule has 0 aliphatic rings. The number of hydrogen-bond donors (Lipinski definition) is 0. The smallest absolute Gasteiger partial charge is 0.252 e. The van der Waals surface area contributed by atoms with Crippen LogP contribution in [-0.4, -0.2) is 57.2 Å². The van der Waals surface area contributed by atoms with Gasteiger partial charge in [0.15, 0.2) is 5.13 Å². The minimum absolute atomic E-state index is 0. The highest BCUT2D eigenvalue weighted by molar-refractivity contribution is 7.22. The fourth-order valence-electron chi connectivity index (χ4n) is 2.62. The Morgan fingerprint density at radius 1 is 1.14 bits per heavy atom. The van der Waals surface area contributed by atoms with Crippen LogP contribution >= 0.6 is 35.1 Å². The van der Waals surface area contributed by atoms with E-state index in [2.05, 4.69) is 0 Å². The summed E-state index contributed by atoms with van der Waals surface area (Å²) in [5.41, 5.74) is 0.701. The van der Waals surface area contributed by atoms with E-state index in [1.54, 1.807) is 36.5 Å². The number of fused-ring (bicyclic) bond motifs is 1. The molecule has 0 aliphatic heterocycles. The second-order valence-electron chi connectivity index (χ2n) is 6.29. The second-order valence-corrected chi connectivity index (χ2v) is 8.24. The first-order valence-corrected chi connectivity index (χ1v) is 10.4. The number of methoxy groups -OCH3 is 2. The number of thiazole rings is 1. The van der Waals surface area contributed by atoms with Crippen LogP contribution in [0, 0.1) is 0 Å². The van der Waals surface area contributed by atoms with Crippen molar-refractivity contribution in [2.75, 3.05) is 46.3 Å². The van der Waals surface area contributed by atoms with E-state index < -0.39 is 0 Å². The summed E-state index contributed by atoms with van der Waals surface area (Å²) in [6, 6.07) is 7.62. The third kappa shape index (κ3) is 5.48. The average Bonchev–Trinajstić information content (AvgIpc) is 3.35. The summed E-state index contributed by atoms with van der Waals surface area (Å²) in [6.45, 7) is 1.26. The number of rotatable bonds is 8. The van der Waals surface area contributed by atoms with Gasteiger partial charge < -0.3 is 14.4 Å². The number of nitrogens with zero attached hydrogens (tertiary/aromatic N) is 3. The summed E-state index contributed by atoms with van der Waals surface area (Å²) in [4.78, 5) is 22.4. The van der Waals surface area contributed by atoms with Gasteiger partial charge in [-0.05, 0) is 43.8 Å². The molecule has 0 aliphatic carbocycles. The minimum atomic E-state index is -0.104. The molecule has 0 saturated carbocycles. The number of ether oxygens (including phenoxy) is 2. The molecule has 0 spiro atoms. The van der Waals surface area contributed by atoms with E-state index in [0.29, 0.717) is 28.7 Å². The Balaban J connectivity index is 0.00000300. The van der Waals surface area contributed by atoms with Gasteiger partial charge in [0.05, 0.1) is 14.2 Å². The molecule has 1 amide bonds. The average molecular weight is 454 g/mol. The Labute approximate surface area is 184 Å². The van der Waals surface area contributed by atoms with Crippen molar-refractivity contribution in [3.05, 3.63) is 40.6 Å². The maximum atomic E-state index is 13.0. The predicted octanol–water partition coefficient (Wildman–Crippen LogP) is 4.40. The molecule has 0 atom stereocenters. The first-order valence-electron chi connectivity index (χ1n) is 8.72. The molecule has 3 rings (SSSR count). The first kappa shape index (κ1) is 23.2. The number of anilines is 1. The van der Waals surface area contributed by atoms with Gasteiger partial charge in [0.1, 0.15) is 21.7 Å². The zero-order chi connectivity index (χ0) is 20.1. The van der Waals surface area contributed by atoms with Gasteiger partial charge in [0.2, 0.25) is 0 Å². The lowest BCUT2D eigenvalue weighted by molar-refractivity contribution is -0.114. The van der Waals surface area contributed by atoms with Crippen molar-refractivity contribution in [1.82, 2.24) is 9.88 Å². The van der Waals surface area contributed by atoms with Crippen LogP contribution in [0.1, 0.15) is 4.88 Å². The van der Waals surface area contributed by atoms with Crippen LogP contribution in [0.25, 0.3) is 16.3 Å². The molecule has 156 valence electrons. The second kappa shape index (κ2) is 10.6. The Morgan fingerprint density at radius 2 is 1.86 bits per heavy atom. The number of thiophene rings is 1. The third-order valence-electron chi connectivity index (χ3n) is 4.10. The number of carbonyl (C=O) groups excluding carboxylic acids is 1. The monoisotopic (exact) mass is 453 g/mol. The molecule has 2 aromatic heterocycles. The number of aromatic nitrogens is 1. The lowest BCUT2D eigenvalue weighted by Crippen LogP contribution is -2.35. The van der Waals surface area contributed by atoms with E-state index in [4.69, 9.17) is 14.5 Å². The normalized spacial score (nSPS) is 11.1. The van der Waals surface area contributed by atoms with Crippen LogP contribution in [0.15, 0.2) is 35.7 Å². The van der Waals surface area contributed by atoms with E-state index >= 15 is 0 Å². The highest BCUT2D eigenvalue weighted by Crippen LogP contribution is 2.40. The molecule has 0 radical (unpaired) electrons. The number of hydrogen-bond acceptors (Lipinski definition) is 7. The zero-order valence-corrected chi connectivity index (χ0v) is 19.2. The largest absolute Gasteiger partial charge is 0.495 e. The molecular weight excluding hydrogens is 430 g/mol. The standard InChI is InChI=1S/C20H23N3O3S2.ClH/c1-22(2)11-12-23(17(24)10-7-14-6-5-13-27-14)20-21-18-15(25-3)8-9-16(26-4)19(18)28-20;/h5-10,13H,11-12H2,1-4H3;1H/b10-7+;. The lowest BCUT2D eigenvalue weighted by Gasteiger charge is -2.20. The van der Waals surface area contributed by atoms with Crippen molar-refractivity contribution in [2.45, 2.75) is 0 Å². The Morgan fingerprint density at radius 3 is 2.48 bits per heavy atom. The van der Waals surface area contributed by atoms with Crippen LogP contribution in [0.5, 0.6) is 11.5 Å². The third-order valence-corrected chi connectivity index (χ3v) is 6.03. The molecular formula is C20H24ClN3O3S2. The maximum Gasteiger partial charge on any atom is 0.252 e. The van der Waals surface area contributed by atoms with Gasteiger partial charge in [-0.3, -0.25) is 9.69 Å². The van der Waals surface area contributed by atoms with Crippen LogP contribution in [-0.2, 0) is 4.79 Å². The Hall–Kier alpha value is -2.13. The Bertz CT molecular complexity index is 930. The van der Waals surface area contributed by atoms with E-state index in [-0.39, 0.29) is 18.3 Å². The van der Waals surface area contributed by atoms with Crippen molar-refractivity contribution in [2.24, 2.45) is 0 Å². The summed E-state index contributed by atoms with van der Waals surface area (Å²) in [5.74, 6) is 1.27. The fourth-order valence-corrected chi connectivity index (χ4v) is 4.34. The molecule has 3 aromatic rings. The highest BCUT2D eigenvalue weighted by atomic mass is 35.5. The van der Waals surface area contributed by atoms with E-state index in [1.165, 1.54) is 11.3 Å². The number of benzene rings is 1. The fraction of sp³-hybridized carbons (Fsp3) is 0.300. The molecule has 0 fully saturated rings. The first-order chi connectivity index (χ1) is 13.5. The molecule has 6 nitrogen and oxygen atoms in total. The van der Waals surface area contributed by atoms with Gasteiger partial charge in [0, 0.05) is 24.0 Å². The summed E-state index contributed by atoms with van der Waals surface area (Å²) in [7, 11) is 7.20. The van der Waals surface area contributed by atoms with Crippen molar-refractivity contribution in [1.29, 1.82) is 0 Å². The molecule has 1 aromatic carbocycles. The van der Waals surface area contributed by atoms with Gasteiger partial charge >= 0.3 is 0 Å². The number of likely N-dealkylation sites (N-methyl/N-ethyl adjacent to an activating group) is 1. The molecule has 0 bridgehead atoms. The minimum Gasteiger partial charge on any atom is -0.495 e. The molecule has 2 heterocycles. The SMILES string of the molecule is COc1ccc(OC)c2sc(N(CCN(C)C)C(=O)/C=C/c3cccs3)nc12.Cl. The quantitative estimate of drug-likeness (QED) is 0.473. The van der Waals surface area contributed by atoms with Crippen molar-refractivity contribution < 1.29 is 14.3 Å². The van der Waals surface area contributed by atoms with E-state index in [9.17, 15) is 4.79 Å². The molecule has 0 unspecified atom stereocenters. The van der Waals surface area contributed by atoms with Gasteiger partial charge in [-0.2, -0.15) is 0 Å². The maximum absolute atomic E-state index is 13.0. The number of halogens is 1. The topological polar surface area (TPSA) is 54.9 Å². The van der Waals surface area contributed by atoms with Crippen LogP contribution < -0.4 is 14.4 Å². The molecule has 0 saturated heterocycles. The van der Waals surface area contributed by atoms with Crippen molar-refractivity contribution in [3.63, 3.8) is 0 Å². The summed E-state index contributed by atoms with van der Waals surface area (Å²) >= 11 is 3.02. The Kier molecular flexibility index (Phi) is 8.45. The van der Waals surface area contributed by atoms with Crippen molar-refractivity contribution in [3.8, 4) is 11.5 Å². The van der Waals surface area contributed by atoms with Crippen molar-refractivity contribution >= 4 is 62.4 Å². The van der Waals surface area contributed by atoms with Crippen LogP contribution in [0.3, 0.4) is 0 Å². The number of amides is 1. The van der Waals surface area contributed by atoms with E-state index in [1.807, 2.05) is 54.7 Å². The summed E-state index contributed by atoms with van der Waals surface area (Å²) in [5, 5.41) is 2.61. The summed E-state index contributed by atoms with van der Waals surface area (Å²) < 4.78 is 11.8. The zero-order valence-electron chi connectivity index (χ0n) is 16.7. The van der Waals surface area contributed by atoms with Gasteiger partial charge in [0.25, 0.3) is 5.91 Å². The lowest BCUT2D eigenvalue weighted by atomic mass is 10.3. The molecule has 9 heteroatoms. The molecule has 0 N–H and O–H groups in total. The van der Waals surface area contributed by atoms with Crippen LogP contribution in [0.4, 0.5) is 5.13 Å². The van der Waals surface area contributed by atoms with E-state index in [0.717, 1.165) is 16.1 Å². The predicted molar refractivity (Wildman–Crippen MR) is 124 cm³/mol. The molecule has 29 heavy (non-hydrogen) atoms. The summed E-state index contributed by atoms with van der Waals surface area (Å²) in [6.07, 6.45) is 3.44.